The van der Waals surface area contributed by atoms with Gasteiger partial charge in [0.1, 0.15) is 16.8 Å². The zero-order valence-corrected chi connectivity index (χ0v) is 15.0. The van der Waals surface area contributed by atoms with Crippen LogP contribution in [0.25, 0.3) is 0 Å². The fourth-order valence-corrected chi connectivity index (χ4v) is 3.12. The van der Waals surface area contributed by atoms with Crippen molar-refractivity contribution in [3.8, 4) is 5.88 Å². The second-order valence-electron chi connectivity index (χ2n) is 6.14. The molecule has 1 aliphatic heterocycles. The van der Waals surface area contributed by atoms with Gasteiger partial charge in [-0.25, -0.2) is 15.0 Å². The molecule has 0 aromatic carbocycles. The Morgan fingerprint density at radius 3 is 2.71 bits per heavy atom. The number of anilines is 1. The molecule has 0 radical (unpaired) electrons. The lowest BCUT2D eigenvalue weighted by atomic mass is 9.97. The number of ether oxygens (including phenoxy) is 1. The minimum Gasteiger partial charge on any atom is -0.477 e. The average Bonchev–Trinajstić information content (AvgIpc) is 2.63. The predicted molar refractivity (Wildman–Crippen MR) is 95.8 cm³/mol. The van der Waals surface area contributed by atoms with Gasteiger partial charge in [0, 0.05) is 37.3 Å². The molecule has 0 aliphatic carbocycles. The number of aromatic nitrogens is 3. The highest BCUT2D eigenvalue weighted by Crippen LogP contribution is 2.28. The van der Waals surface area contributed by atoms with Crippen LogP contribution in [-0.4, -0.2) is 34.6 Å². The minimum absolute atomic E-state index is 0.548. The van der Waals surface area contributed by atoms with Crippen LogP contribution in [0, 0.1) is 12.8 Å². The molecule has 5 nitrogen and oxygen atoms in total. The molecular formula is C18H23ClN4O. The van der Waals surface area contributed by atoms with Gasteiger partial charge < -0.3 is 9.64 Å². The summed E-state index contributed by atoms with van der Waals surface area (Å²) in [6.45, 7) is 6.69. The first-order valence-electron chi connectivity index (χ1n) is 8.49. The first-order chi connectivity index (χ1) is 11.7. The van der Waals surface area contributed by atoms with Crippen LogP contribution in [0.3, 0.4) is 0 Å². The standard InChI is InChI=1S/C18H23ClN4O/c1-3-15-21-17(19)13(2)18(22-15)23-10-7-14(8-11-23)12-24-16-6-4-5-9-20-16/h4-6,9,14H,3,7-8,10-12H2,1-2H3. The molecule has 1 saturated heterocycles. The average molecular weight is 347 g/mol. The van der Waals surface area contributed by atoms with Crippen LogP contribution in [0.4, 0.5) is 5.82 Å². The predicted octanol–water partition coefficient (Wildman–Crippen LogP) is 3.69. The van der Waals surface area contributed by atoms with Gasteiger partial charge in [-0.3, -0.25) is 0 Å². The molecular weight excluding hydrogens is 324 g/mol. The molecule has 2 aromatic rings. The fourth-order valence-electron chi connectivity index (χ4n) is 2.93. The minimum atomic E-state index is 0.548. The third-order valence-electron chi connectivity index (χ3n) is 4.44. The Morgan fingerprint density at radius 1 is 1.25 bits per heavy atom. The maximum absolute atomic E-state index is 6.26. The smallest absolute Gasteiger partial charge is 0.213 e. The van der Waals surface area contributed by atoms with Gasteiger partial charge >= 0.3 is 0 Å². The molecule has 0 N–H and O–H groups in total. The number of aryl methyl sites for hydroxylation is 1. The Hall–Kier alpha value is -1.88. The van der Waals surface area contributed by atoms with Gasteiger partial charge in [-0.15, -0.1) is 0 Å². The Labute approximate surface area is 148 Å². The van der Waals surface area contributed by atoms with Crippen LogP contribution in [0.2, 0.25) is 5.15 Å². The van der Waals surface area contributed by atoms with Gasteiger partial charge in [0.15, 0.2) is 0 Å². The first kappa shape index (κ1) is 17.0. The SMILES string of the molecule is CCc1nc(Cl)c(C)c(N2CCC(COc3ccccn3)CC2)n1. The highest BCUT2D eigenvalue weighted by molar-refractivity contribution is 6.30. The zero-order valence-electron chi connectivity index (χ0n) is 14.2. The van der Waals surface area contributed by atoms with Gasteiger partial charge in [0.05, 0.1) is 6.61 Å². The summed E-state index contributed by atoms with van der Waals surface area (Å²) < 4.78 is 5.79. The molecule has 2 aromatic heterocycles. The summed E-state index contributed by atoms with van der Waals surface area (Å²) in [5.74, 6) is 3.04. The van der Waals surface area contributed by atoms with E-state index in [1.54, 1.807) is 6.20 Å². The lowest BCUT2D eigenvalue weighted by Gasteiger charge is -2.33. The van der Waals surface area contributed by atoms with E-state index >= 15 is 0 Å². The second kappa shape index (κ2) is 7.79. The summed E-state index contributed by atoms with van der Waals surface area (Å²) in [5, 5.41) is 0.567. The Morgan fingerprint density at radius 2 is 2.04 bits per heavy atom. The van der Waals surface area contributed by atoms with Crippen molar-refractivity contribution >= 4 is 17.4 Å². The lowest BCUT2D eigenvalue weighted by Crippen LogP contribution is -2.36. The molecule has 1 aliphatic rings. The fraction of sp³-hybridized carbons (Fsp3) is 0.500. The number of halogens is 1. The molecule has 0 saturated carbocycles. The lowest BCUT2D eigenvalue weighted by molar-refractivity contribution is 0.216. The molecule has 0 spiro atoms. The van der Waals surface area contributed by atoms with E-state index in [-0.39, 0.29) is 0 Å². The molecule has 128 valence electrons. The Balaban J connectivity index is 1.58. The second-order valence-corrected chi connectivity index (χ2v) is 6.50. The largest absolute Gasteiger partial charge is 0.477 e. The number of piperidine rings is 1. The topological polar surface area (TPSA) is 51.1 Å². The van der Waals surface area contributed by atoms with E-state index in [0.717, 1.165) is 49.6 Å². The summed E-state index contributed by atoms with van der Waals surface area (Å²) >= 11 is 6.26. The maximum Gasteiger partial charge on any atom is 0.213 e. The Bertz CT molecular complexity index is 672. The summed E-state index contributed by atoms with van der Waals surface area (Å²) in [7, 11) is 0. The summed E-state index contributed by atoms with van der Waals surface area (Å²) in [5.41, 5.74) is 0.969. The van der Waals surface area contributed by atoms with Crippen molar-refractivity contribution in [2.24, 2.45) is 5.92 Å². The van der Waals surface area contributed by atoms with Crippen LogP contribution >= 0.6 is 11.6 Å². The van der Waals surface area contributed by atoms with Crippen LogP contribution in [0.1, 0.15) is 31.2 Å². The van der Waals surface area contributed by atoms with E-state index in [4.69, 9.17) is 16.3 Å². The van der Waals surface area contributed by atoms with Crippen molar-refractivity contribution in [2.45, 2.75) is 33.1 Å². The highest BCUT2D eigenvalue weighted by atomic mass is 35.5. The Kier molecular flexibility index (Phi) is 5.51. The van der Waals surface area contributed by atoms with Crippen LogP contribution in [0.5, 0.6) is 5.88 Å². The van der Waals surface area contributed by atoms with E-state index in [2.05, 4.69) is 19.9 Å². The van der Waals surface area contributed by atoms with E-state index in [0.29, 0.717) is 23.6 Å². The third-order valence-corrected chi connectivity index (χ3v) is 4.81. The number of rotatable bonds is 5. The highest BCUT2D eigenvalue weighted by Gasteiger charge is 2.23. The van der Waals surface area contributed by atoms with Crippen LogP contribution < -0.4 is 9.64 Å². The molecule has 3 heterocycles. The summed E-state index contributed by atoms with van der Waals surface area (Å²) in [6, 6.07) is 5.73. The van der Waals surface area contributed by atoms with Gasteiger partial charge in [-0.05, 0) is 31.7 Å². The van der Waals surface area contributed by atoms with E-state index in [1.807, 2.05) is 32.0 Å². The number of nitrogens with zero attached hydrogens (tertiary/aromatic N) is 4. The van der Waals surface area contributed by atoms with Crippen molar-refractivity contribution in [2.75, 3.05) is 24.6 Å². The van der Waals surface area contributed by atoms with Crippen LogP contribution in [0.15, 0.2) is 24.4 Å². The molecule has 6 heteroatoms. The maximum atomic E-state index is 6.26. The summed E-state index contributed by atoms with van der Waals surface area (Å²) in [4.78, 5) is 15.5. The van der Waals surface area contributed by atoms with Crippen molar-refractivity contribution in [3.05, 3.63) is 40.9 Å². The number of hydrogen-bond donors (Lipinski definition) is 0. The molecule has 1 fully saturated rings. The van der Waals surface area contributed by atoms with E-state index in [1.165, 1.54) is 0 Å². The number of hydrogen-bond acceptors (Lipinski definition) is 5. The van der Waals surface area contributed by atoms with Gasteiger partial charge in [-0.2, -0.15) is 0 Å². The normalized spacial score (nSPS) is 15.5. The first-order valence-corrected chi connectivity index (χ1v) is 8.87. The van der Waals surface area contributed by atoms with Gasteiger partial charge in [-0.1, -0.05) is 24.6 Å². The summed E-state index contributed by atoms with van der Waals surface area (Å²) in [6.07, 6.45) is 4.71. The zero-order chi connectivity index (χ0) is 16.9. The van der Waals surface area contributed by atoms with Crippen molar-refractivity contribution in [1.29, 1.82) is 0 Å². The quantitative estimate of drug-likeness (QED) is 0.773. The molecule has 3 rings (SSSR count). The third kappa shape index (κ3) is 3.96. The molecule has 0 unspecified atom stereocenters. The van der Waals surface area contributed by atoms with Gasteiger partial charge in [0.2, 0.25) is 5.88 Å². The molecule has 0 bridgehead atoms. The van der Waals surface area contributed by atoms with E-state index < -0.39 is 0 Å². The number of pyridine rings is 1. The molecule has 0 amide bonds. The van der Waals surface area contributed by atoms with Gasteiger partial charge in [0.25, 0.3) is 0 Å². The van der Waals surface area contributed by atoms with Crippen LogP contribution in [-0.2, 0) is 6.42 Å². The molecule has 24 heavy (non-hydrogen) atoms. The van der Waals surface area contributed by atoms with Crippen molar-refractivity contribution < 1.29 is 4.74 Å². The van der Waals surface area contributed by atoms with E-state index in [9.17, 15) is 0 Å². The van der Waals surface area contributed by atoms with Crippen molar-refractivity contribution in [1.82, 2.24) is 15.0 Å². The monoisotopic (exact) mass is 346 g/mol. The van der Waals surface area contributed by atoms with Crippen molar-refractivity contribution in [3.63, 3.8) is 0 Å². The molecule has 0 atom stereocenters.